The number of ether oxygens (including phenoxy) is 3. The van der Waals surface area contributed by atoms with E-state index in [2.05, 4.69) is 5.32 Å². The van der Waals surface area contributed by atoms with Crippen molar-refractivity contribution in [1.82, 2.24) is 5.32 Å². The molecule has 0 radical (unpaired) electrons. The molecule has 1 N–H and O–H groups in total. The van der Waals surface area contributed by atoms with Gasteiger partial charge in [0.05, 0.1) is 40.7 Å². The molecule has 1 aromatic heterocycles. The molecule has 2 fully saturated rings. The molecule has 4 heterocycles. The van der Waals surface area contributed by atoms with E-state index in [-0.39, 0.29) is 31.0 Å². The first kappa shape index (κ1) is 21.0. The number of nitrogens with one attached hydrogen (secondary N) is 1. The SMILES string of the molecule is O=C(NC[C@@H]1OC(=O)N2c3ccc(N4CCOCC4=O)cc3OCC[C@@H]12)c1ccc(Cl)s1. The Morgan fingerprint density at radius 2 is 2.09 bits per heavy atom. The first-order chi connectivity index (χ1) is 15.5. The number of rotatable bonds is 4. The highest BCUT2D eigenvalue weighted by Crippen LogP contribution is 2.40. The van der Waals surface area contributed by atoms with Crippen molar-refractivity contribution < 1.29 is 28.6 Å². The van der Waals surface area contributed by atoms with Gasteiger partial charge in [0.2, 0.25) is 0 Å². The molecule has 1 aromatic carbocycles. The van der Waals surface area contributed by atoms with Crippen molar-refractivity contribution in [3.63, 3.8) is 0 Å². The zero-order valence-corrected chi connectivity index (χ0v) is 18.5. The van der Waals surface area contributed by atoms with Gasteiger partial charge in [-0.05, 0) is 24.3 Å². The van der Waals surface area contributed by atoms with Crippen molar-refractivity contribution in [3.8, 4) is 5.75 Å². The highest BCUT2D eigenvalue weighted by atomic mass is 35.5. The van der Waals surface area contributed by atoms with Gasteiger partial charge in [-0.15, -0.1) is 11.3 Å². The molecule has 3 amide bonds. The first-order valence-corrected chi connectivity index (χ1v) is 11.4. The summed E-state index contributed by atoms with van der Waals surface area (Å²) in [5, 5.41) is 2.82. The highest BCUT2D eigenvalue weighted by molar-refractivity contribution is 7.18. The van der Waals surface area contributed by atoms with E-state index in [4.69, 9.17) is 25.8 Å². The summed E-state index contributed by atoms with van der Waals surface area (Å²) < 4.78 is 17.2. The molecular weight excluding hydrogens is 458 g/mol. The Morgan fingerprint density at radius 3 is 2.88 bits per heavy atom. The van der Waals surface area contributed by atoms with E-state index in [9.17, 15) is 14.4 Å². The molecular formula is C21H20ClN3O6S. The van der Waals surface area contributed by atoms with Crippen LogP contribution in [0.15, 0.2) is 30.3 Å². The van der Waals surface area contributed by atoms with Gasteiger partial charge >= 0.3 is 6.09 Å². The summed E-state index contributed by atoms with van der Waals surface area (Å²) in [5.41, 5.74) is 1.28. The molecule has 0 unspecified atom stereocenters. The van der Waals surface area contributed by atoms with Crippen LogP contribution in [-0.4, -0.2) is 63.0 Å². The lowest BCUT2D eigenvalue weighted by Crippen LogP contribution is -2.42. The van der Waals surface area contributed by atoms with E-state index < -0.39 is 12.2 Å². The van der Waals surface area contributed by atoms with Crippen molar-refractivity contribution in [2.75, 3.05) is 42.7 Å². The zero-order chi connectivity index (χ0) is 22.2. The summed E-state index contributed by atoms with van der Waals surface area (Å²) in [6, 6.07) is 8.35. The summed E-state index contributed by atoms with van der Waals surface area (Å²) in [7, 11) is 0. The average Bonchev–Trinajstić information content (AvgIpc) is 3.29. The summed E-state index contributed by atoms with van der Waals surface area (Å²) >= 11 is 7.09. The number of amides is 3. The third-order valence-corrected chi connectivity index (χ3v) is 6.87. The first-order valence-electron chi connectivity index (χ1n) is 10.2. The van der Waals surface area contributed by atoms with E-state index in [0.29, 0.717) is 52.5 Å². The Kier molecular flexibility index (Phi) is 5.66. The standard InChI is InChI=1S/C21H20ClN3O6S/c22-18-4-3-17(32-18)20(27)23-10-16-14-5-7-30-15-9-12(24-6-8-29-11-19(24)26)1-2-13(15)25(14)21(28)31-16/h1-4,9,14,16H,5-8,10-11H2,(H,23,27)/t14-,16-/m0/s1. The number of halogens is 1. The quantitative estimate of drug-likeness (QED) is 0.727. The van der Waals surface area contributed by atoms with Gasteiger partial charge in [-0.25, -0.2) is 4.79 Å². The summed E-state index contributed by atoms with van der Waals surface area (Å²) in [5.74, 6) is 0.131. The van der Waals surface area contributed by atoms with Crippen molar-refractivity contribution in [2.24, 2.45) is 0 Å². The largest absolute Gasteiger partial charge is 0.491 e. The lowest BCUT2D eigenvalue weighted by Gasteiger charge is -2.28. The van der Waals surface area contributed by atoms with Crippen molar-refractivity contribution in [3.05, 3.63) is 39.5 Å². The molecule has 0 saturated carbocycles. The molecule has 9 nitrogen and oxygen atoms in total. The van der Waals surface area contributed by atoms with E-state index in [1.165, 1.54) is 11.3 Å². The molecule has 2 aromatic rings. The predicted molar refractivity (Wildman–Crippen MR) is 118 cm³/mol. The molecule has 11 heteroatoms. The van der Waals surface area contributed by atoms with Gasteiger partial charge < -0.3 is 24.4 Å². The van der Waals surface area contributed by atoms with Gasteiger partial charge in [0.25, 0.3) is 11.8 Å². The van der Waals surface area contributed by atoms with E-state index in [0.717, 1.165) is 0 Å². The van der Waals surface area contributed by atoms with Crippen LogP contribution in [0.25, 0.3) is 0 Å². The zero-order valence-electron chi connectivity index (χ0n) is 16.9. The number of hydrogen-bond acceptors (Lipinski definition) is 7. The van der Waals surface area contributed by atoms with E-state index in [1.807, 2.05) is 0 Å². The predicted octanol–water partition coefficient (Wildman–Crippen LogP) is 2.67. The number of morpholine rings is 1. The van der Waals surface area contributed by atoms with Gasteiger partial charge in [0.15, 0.2) is 0 Å². The van der Waals surface area contributed by atoms with Crippen LogP contribution in [-0.2, 0) is 14.3 Å². The number of carbonyl (C=O) groups is 3. The number of thiophene rings is 1. The topological polar surface area (TPSA) is 97.4 Å². The number of cyclic esters (lactones) is 1. The van der Waals surface area contributed by atoms with Crippen molar-refractivity contribution in [1.29, 1.82) is 0 Å². The summed E-state index contributed by atoms with van der Waals surface area (Å²) in [4.78, 5) is 41.0. The van der Waals surface area contributed by atoms with Crippen LogP contribution >= 0.6 is 22.9 Å². The molecule has 2 atom stereocenters. The highest BCUT2D eigenvalue weighted by Gasteiger charge is 2.45. The number of benzene rings is 1. The second-order valence-corrected chi connectivity index (χ2v) is 9.28. The van der Waals surface area contributed by atoms with Gasteiger partial charge in [0.1, 0.15) is 18.5 Å². The second kappa shape index (κ2) is 8.61. The van der Waals surface area contributed by atoms with Crippen molar-refractivity contribution in [2.45, 2.75) is 18.6 Å². The maximum atomic E-state index is 12.7. The maximum Gasteiger partial charge on any atom is 0.415 e. The average molecular weight is 478 g/mol. The number of fused-ring (bicyclic) bond motifs is 3. The summed E-state index contributed by atoms with van der Waals surface area (Å²) in [6.45, 7) is 1.52. The van der Waals surface area contributed by atoms with Crippen LogP contribution in [0, 0.1) is 0 Å². The minimum absolute atomic E-state index is 0.0452. The van der Waals surface area contributed by atoms with Crippen molar-refractivity contribution >= 4 is 52.2 Å². The Balaban J connectivity index is 1.33. The Hall–Kier alpha value is -2.82. The van der Waals surface area contributed by atoms with Gasteiger partial charge in [-0.1, -0.05) is 11.6 Å². The number of anilines is 2. The molecule has 0 spiro atoms. The van der Waals surface area contributed by atoms with E-state index in [1.54, 1.807) is 40.1 Å². The Bertz CT molecular complexity index is 1080. The monoisotopic (exact) mass is 477 g/mol. The van der Waals surface area contributed by atoms with Gasteiger partial charge in [0, 0.05) is 24.7 Å². The third kappa shape index (κ3) is 3.89. The fraction of sp³-hybridized carbons (Fsp3) is 0.381. The van der Waals surface area contributed by atoms with E-state index >= 15 is 0 Å². The van der Waals surface area contributed by atoms with Crippen LogP contribution in [0.2, 0.25) is 4.34 Å². The fourth-order valence-electron chi connectivity index (χ4n) is 4.12. The minimum Gasteiger partial charge on any atom is -0.491 e. The maximum absolute atomic E-state index is 12.7. The smallest absolute Gasteiger partial charge is 0.415 e. The van der Waals surface area contributed by atoms with Crippen LogP contribution in [0.4, 0.5) is 16.2 Å². The molecule has 0 bridgehead atoms. The van der Waals surface area contributed by atoms with Crippen LogP contribution in [0.5, 0.6) is 5.75 Å². The fourth-order valence-corrected chi connectivity index (χ4v) is 5.08. The Labute approximate surface area is 192 Å². The van der Waals surface area contributed by atoms with Crippen LogP contribution in [0.3, 0.4) is 0 Å². The molecule has 2 saturated heterocycles. The third-order valence-electron chi connectivity index (χ3n) is 5.64. The lowest BCUT2D eigenvalue weighted by atomic mass is 10.1. The molecule has 3 aliphatic rings. The minimum atomic E-state index is -0.517. The lowest BCUT2D eigenvalue weighted by molar-refractivity contribution is -0.125. The molecule has 168 valence electrons. The van der Waals surface area contributed by atoms with Gasteiger partial charge in [-0.3, -0.25) is 14.5 Å². The normalized spacial score (nSPS) is 22.5. The molecule has 32 heavy (non-hydrogen) atoms. The molecule has 0 aliphatic carbocycles. The Morgan fingerprint density at radius 1 is 1.22 bits per heavy atom. The van der Waals surface area contributed by atoms with Crippen LogP contribution in [0.1, 0.15) is 16.1 Å². The van der Waals surface area contributed by atoms with Gasteiger partial charge in [-0.2, -0.15) is 0 Å². The second-order valence-electron chi connectivity index (χ2n) is 7.56. The number of carbonyl (C=O) groups excluding carboxylic acids is 3. The molecule has 3 aliphatic heterocycles. The summed E-state index contributed by atoms with van der Waals surface area (Å²) in [6.07, 6.45) is -0.468. The van der Waals surface area contributed by atoms with Crippen LogP contribution < -0.4 is 19.9 Å². The number of hydrogen-bond donors (Lipinski definition) is 1. The molecule has 5 rings (SSSR count). The number of nitrogens with zero attached hydrogens (tertiary/aromatic N) is 2.